The summed E-state index contributed by atoms with van der Waals surface area (Å²) in [4.78, 5) is 16.1. The van der Waals surface area contributed by atoms with Gasteiger partial charge in [0.05, 0.1) is 5.69 Å². The van der Waals surface area contributed by atoms with Gasteiger partial charge in [-0.1, -0.05) is 20.8 Å². The van der Waals surface area contributed by atoms with E-state index in [0.29, 0.717) is 5.95 Å². The average molecular weight is 264 g/mol. The lowest BCUT2D eigenvalue weighted by Crippen LogP contribution is -2.31. The molecule has 0 aliphatic rings. The second-order valence-corrected chi connectivity index (χ2v) is 5.03. The van der Waals surface area contributed by atoms with E-state index in [1.807, 2.05) is 27.8 Å². The van der Waals surface area contributed by atoms with Gasteiger partial charge in [0.2, 0.25) is 11.9 Å². The van der Waals surface area contributed by atoms with Gasteiger partial charge in [-0.25, -0.2) is 4.98 Å². The number of primary amides is 1. The predicted octanol–water partition coefficient (Wildman–Crippen LogP) is 0.597. The molecule has 1 unspecified atom stereocenters. The number of nitrogens with two attached hydrogens (primary N) is 2. The minimum atomic E-state index is -0.523. The van der Waals surface area contributed by atoms with E-state index in [4.69, 9.17) is 11.5 Å². The zero-order chi connectivity index (χ0) is 14.3. The maximum Gasteiger partial charge on any atom is 0.240 e. The van der Waals surface area contributed by atoms with Gasteiger partial charge in [0.25, 0.3) is 0 Å². The van der Waals surface area contributed by atoms with E-state index in [1.54, 1.807) is 9.25 Å². The van der Waals surface area contributed by atoms with Crippen LogP contribution in [0.3, 0.4) is 0 Å². The number of anilines is 1. The Bertz CT molecular complexity index is 624. The third kappa shape index (κ3) is 1.94. The minimum Gasteiger partial charge on any atom is -0.369 e. The van der Waals surface area contributed by atoms with Crippen molar-refractivity contribution < 1.29 is 4.79 Å². The molecule has 0 aliphatic carbocycles. The monoisotopic (exact) mass is 264 g/mol. The molecule has 0 saturated carbocycles. The zero-order valence-electron chi connectivity index (χ0n) is 11.7. The summed E-state index contributed by atoms with van der Waals surface area (Å²) in [5.74, 6) is -0.0902. The number of hydrogen-bond donors (Lipinski definition) is 2. The first-order valence-electron chi connectivity index (χ1n) is 6.37. The van der Waals surface area contributed by atoms with Crippen molar-refractivity contribution in [1.82, 2.24) is 19.3 Å². The van der Waals surface area contributed by atoms with Crippen LogP contribution >= 0.6 is 0 Å². The molecule has 7 heteroatoms. The molecule has 0 aromatic carbocycles. The summed E-state index contributed by atoms with van der Waals surface area (Å²) in [7, 11) is 1.82. The van der Waals surface area contributed by atoms with Gasteiger partial charge in [-0.2, -0.15) is 5.10 Å². The van der Waals surface area contributed by atoms with Crippen LogP contribution in [-0.2, 0) is 18.3 Å². The number of carbonyl (C=O) groups is 1. The lowest BCUT2D eigenvalue weighted by Gasteiger charge is -2.20. The summed E-state index contributed by atoms with van der Waals surface area (Å²) in [6, 6.07) is -0.523. The fourth-order valence-corrected chi connectivity index (χ4v) is 2.49. The summed E-state index contributed by atoms with van der Waals surface area (Å²) in [5.41, 5.74) is 13.8. The summed E-state index contributed by atoms with van der Waals surface area (Å²) in [6.07, 6.45) is 0.761. The van der Waals surface area contributed by atoms with E-state index in [1.165, 1.54) is 0 Å². The number of rotatable bonds is 4. The number of amides is 1. The number of imidazole rings is 1. The van der Waals surface area contributed by atoms with Crippen molar-refractivity contribution in [2.45, 2.75) is 33.2 Å². The molecule has 1 amide bonds. The molecule has 0 fully saturated rings. The number of aromatic nitrogens is 4. The average Bonchev–Trinajstić information content (AvgIpc) is 2.78. The molecule has 2 aromatic heterocycles. The molecule has 2 heterocycles. The van der Waals surface area contributed by atoms with Gasteiger partial charge in [0.15, 0.2) is 5.65 Å². The van der Waals surface area contributed by atoms with Crippen molar-refractivity contribution in [1.29, 1.82) is 0 Å². The zero-order valence-corrected chi connectivity index (χ0v) is 11.7. The molecule has 0 spiro atoms. The van der Waals surface area contributed by atoms with E-state index in [0.717, 1.165) is 23.3 Å². The van der Waals surface area contributed by atoms with Gasteiger partial charge in [-0.05, 0) is 12.3 Å². The van der Waals surface area contributed by atoms with Gasteiger partial charge in [-0.3, -0.25) is 14.0 Å². The second-order valence-electron chi connectivity index (χ2n) is 5.03. The predicted molar refractivity (Wildman–Crippen MR) is 73.4 cm³/mol. The molecule has 2 rings (SSSR count). The van der Waals surface area contributed by atoms with E-state index >= 15 is 0 Å². The van der Waals surface area contributed by atoms with Crippen LogP contribution in [0.2, 0.25) is 0 Å². The molecule has 0 aliphatic heterocycles. The van der Waals surface area contributed by atoms with Gasteiger partial charge < -0.3 is 11.5 Å². The number of hydrogen-bond acceptors (Lipinski definition) is 4. The lowest BCUT2D eigenvalue weighted by molar-refractivity contribution is -0.122. The SMILES string of the molecule is CCc1nn(C)c2c1nc(N)n2C(C(N)=O)C(C)C. The number of aryl methyl sites for hydroxylation is 2. The highest BCUT2D eigenvalue weighted by Crippen LogP contribution is 2.28. The Balaban J connectivity index is 2.75. The number of carbonyl (C=O) groups excluding carboxylic acids is 1. The second kappa shape index (κ2) is 4.56. The lowest BCUT2D eigenvalue weighted by atomic mass is 10.0. The standard InChI is InChI=1S/C12H20N6O/c1-5-7-8-11(17(4)16-7)18(12(14)15-8)9(6(2)3)10(13)19/h6,9H,5H2,1-4H3,(H2,13,19)(H2,14,15). The third-order valence-electron chi connectivity index (χ3n) is 3.30. The molecule has 4 N–H and O–H groups in total. The Kier molecular flexibility index (Phi) is 3.21. The van der Waals surface area contributed by atoms with Gasteiger partial charge >= 0.3 is 0 Å². The third-order valence-corrected chi connectivity index (χ3v) is 3.30. The first kappa shape index (κ1) is 13.4. The molecule has 0 bridgehead atoms. The molecular formula is C12H20N6O. The number of nitrogens with zero attached hydrogens (tertiary/aromatic N) is 4. The maximum absolute atomic E-state index is 11.7. The quantitative estimate of drug-likeness (QED) is 0.843. The van der Waals surface area contributed by atoms with E-state index in [-0.39, 0.29) is 5.92 Å². The molecule has 7 nitrogen and oxygen atoms in total. The normalized spacial score (nSPS) is 13.3. The van der Waals surface area contributed by atoms with Crippen LogP contribution in [0.15, 0.2) is 0 Å². The Labute approximate surface area is 111 Å². The van der Waals surface area contributed by atoms with E-state index < -0.39 is 11.9 Å². The Morgan fingerprint density at radius 2 is 2.05 bits per heavy atom. The molecule has 0 saturated heterocycles. The van der Waals surface area contributed by atoms with Crippen LogP contribution in [0.25, 0.3) is 11.2 Å². The fourth-order valence-electron chi connectivity index (χ4n) is 2.49. The molecular weight excluding hydrogens is 244 g/mol. The maximum atomic E-state index is 11.7. The molecule has 104 valence electrons. The smallest absolute Gasteiger partial charge is 0.240 e. The van der Waals surface area contributed by atoms with Crippen LogP contribution in [0.4, 0.5) is 5.95 Å². The topological polar surface area (TPSA) is 105 Å². The van der Waals surface area contributed by atoms with Gasteiger partial charge in [0.1, 0.15) is 11.6 Å². The van der Waals surface area contributed by atoms with Gasteiger partial charge in [0, 0.05) is 7.05 Å². The minimum absolute atomic E-state index is 0.0252. The van der Waals surface area contributed by atoms with E-state index in [9.17, 15) is 4.79 Å². The van der Waals surface area contributed by atoms with E-state index in [2.05, 4.69) is 10.1 Å². The summed E-state index contributed by atoms with van der Waals surface area (Å²) in [5, 5.41) is 4.40. The number of fused-ring (bicyclic) bond motifs is 1. The Morgan fingerprint density at radius 1 is 1.42 bits per heavy atom. The molecule has 1 atom stereocenters. The fraction of sp³-hybridized carbons (Fsp3) is 0.583. The highest BCUT2D eigenvalue weighted by atomic mass is 16.1. The highest BCUT2D eigenvalue weighted by Gasteiger charge is 2.28. The van der Waals surface area contributed by atoms with Crippen LogP contribution in [-0.4, -0.2) is 25.2 Å². The van der Waals surface area contributed by atoms with Crippen molar-refractivity contribution in [3.05, 3.63) is 5.69 Å². The van der Waals surface area contributed by atoms with Crippen molar-refractivity contribution in [2.75, 3.05) is 5.73 Å². The van der Waals surface area contributed by atoms with Crippen molar-refractivity contribution in [2.24, 2.45) is 18.7 Å². The first-order valence-corrected chi connectivity index (χ1v) is 6.37. The molecule has 2 aromatic rings. The van der Waals surface area contributed by atoms with Crippen LogP contribution < -0.4 is 11.5 Å². The van der Waals surface area contributed by atoms with Crippen molar-refractivity contribution in [3.63, 3.8) is 0 Å². The summed E-state index contributed by atoms with van der Waals surface area (Å²) < 4.78 is 3.39. The summed E-state index contributed by atoms with van der Waals surface area (Å²) >= 11 is 0. The van der Waals surface area contributed by atoms with Crippen LogP contribution in [0.5, 0.6) is 0 Å². The Morgan fingerprint density at radius 3 is 2.53 bits per heavy atom. The van der Waals surface area contributed by atoms with Gasteiger partial charge in [-0.15, -0.1) is 0 Å². The molecule has 0 radical (unpaired) electrons. The highest BCUT2D eigenvalue weighted by molar-refractivity contribution is 5.84. The van der Waals surface area contributed by atoms with Crippen molar-refractivity contribution in [3.8, 4) is 0 Å². The van der Waals surface area contributed by atoms with Crippen molar-refractivity contribution >= 4 is 23.0 Å². The first-order chi connectivity index (χ1) is 8.88. The van der Waals surface area contributed by atoms with Crippen LogP contribution in [0, 0.1) is 5.92 Å². The molecule has 19 heavy (non-hydrogen) atoms. The Hall–Kier alpha value is -2.05. The largest absolute Gasteiger partial charge is 0.369 e. The summed E-state index contributed by atoms with van der Waals surface area (Å²) in [6.45, 7) is 5.86. The van der Waals surface area contributed by atoms with Crippen LogP contribution in [0.1, 0.15) is 32.5 Å². The number of nitrogen functional groups attached to an aromatic ring is 1.